The summed E-state index contributed by atoms with van der Waals surface area (Å²) < 4.78 is 4.70. The van der Waals surface area contributed by atoms with Crippen molar-refractivity contribution in [1.29, 1.82) is 0 Å². The normalized spacial score (nSPS) is 45.5. The van der Waals surface area contributed by atoms with Gasteiger partial charge in [-0.2, -0.15) is 0 Å². The molecular weight excluding hydrogens is 189 g/mol. The first-order valence-electron chi connectivity index (χ1n) is 3.64. The van der Waals surface area contributed by atoms with E-state index in [1.165, 1.54) is 0 Å². The van der Waals surface area contributed by atoms with E-state index in [1.807, 2.05) is 0 Å². The van der Waals surface area contributed by atoms with E-state index in [2.05, 4.69) is 0 Å². The zero-order valence-corrected chi connectivity index (χ0v) is 6.37. The molecule has 0 aliphatic carbocycles. The van der Waals surface area contributed by atoms with Gasteiger partial charge in [0.25, 0.3) is 0 Å². The van der Waals surface area contributed by atoms with Gasteiger partial charge in [-0.3, -0.25) is 0 Å². The topological polar surface area (TPSA) is 116 Å². The van der Waals surface area contributed by atoms with Gasteiger partial charge in [0.2, 0.25) is 0 Å². The number of nitrogens with two attached hydrogens (primary N) is 1. The molecule has 6 nitrogen and oxygen atoms in total. The van der Waals surface area contributed by atoms with E-state index < -0.39 is 37.3 Å². The maximum absolute atomic E-state index is 9.20. The van der Waals surface area contributed by atoms with Crippen LogP contribution < -0.4 is 5.73 Å². The van der Waals surface area contributed by atoms with Gasteiger partial charge in [0.1, 0.15) is 18.3 Å². The molecule has 1 fully saturated rings. The Labute approximate surface area is 97.6 Å². The molecule has 0 aromatic heterocycles. The van der Waals surface area contributed by atoms with Crippen LogP contribution in [-0.2, 0) is 4.74 Å². The van der Waals surface area contributed by atoms with Gasteiger partial charge >= 0.3 is 29.6 Å². The van der Waals surface area contributed by atoms with Crippen LogP contribution in [0.3, 0.4) is 0 Å². The van der Waals surface area contributed by atoms with Crippen molar-refractivity contribution in [3.05, 3.63) is 0 Å². The number of aliphatic hydroxyl groups is 4. The van der Waals surface area contributed by atoms with Crippen LogP contribution in [-0.4, -0.2) is 87.2 Å². The van der Waals surface area contributed by atoms with E-state index >= 15 is 0 Å². The summed E-state index contributed by atoms with van der Waals surface area (Å²) in [5.41, 5.74) is 5.26. The van der Waals surface area contributed by atoms with Gasteiger partial charge in [-0.05, 0) is 0 Å². The summed E-state index contributed by atoms with van der Waals surface area (Å²) in [7, 11) is 0. The summed E-state index contributed by atoms with van der Waals surface area (Å²) in [4.78, 5) is 0. The Hall–Kier alpha value is 0.760. The van der Waals surface area contributed by atoms with Crippen molar-refractivity contribution in [3.63, 3.8) is 0 Å². The van der Waals surface area contributed by atoms with Crippen molar-refractivity contribution in [2.24, 2.45) is 5.73 Å². The fourth-order valence-corrected chi connectivity index (χ4v) is 1.12. The van der Waals surface area contributed by atoms with E-state index in [0.29, 0.717) is 0 Å². The molecule has 1 heterocycles. The second kappa shape index (κ2) is 5.59. The van der Waals surface area contributed by atoms with Crippen molar-refractivity contribution in [3.8, 4) is 0 Å². The molecule has 0 aromatic rings. The summed E-state index contributed by atoms with van der Waals surface area (Å²) in [5.74, 6) is 0. The van der Waals surface area contributed by atoms with Crippen molar-refractivity contribution in [1.82, 2.24) is 0 Å². The van der Waals surface area contributed by atoms with Crippen LogP contribution in [0.2, 0.25) is 0 Å². The Bertz CT molecular complexity index is 155. The van der Waals surface area contributed by atoms with Crippen LogP contribution in [0.25, 0.3) is 0 Å². The predicted molar refractivity (Wildman–Crippen MR) is 45.1 cm³/mol. The quantitative estimate of drug-likeness (QED) is 0.278. The standard InChI is InChI=1S/C6H13NO5.Na.H/c7-3-5(10)4(9)2(1-8)12-6(3)11;;/h2-6,8-11H,1,7H2;;/t2-,3-,4-,5-,6-;;/m1../s1. The van der Waals surface area contributed by atoms with Crippen LogP contribution >= 0.6 is 0 Å². The number of hydrogen-bond acceptors (Lipinski definition) is 6. The third kappa shape index (κ3) is 2.85. The molecular formula is C6H14NNaO5. The van der Waals surface area contributed by atoms with Gasteiger partial charge in [-0.25, -0.2) is 0 Å². The van der Waals surface area contributed by atoms with Crippen molar-refractivity contribution < 1.29 is 25.2 Å². The second-order valence-electron chi connectivity index (χ2n) is 2.81. The van der Waals surface area contributed by atoms with E-state index in [0.717, 1.165) is 0 Å². The second-order valence-corrected chi connectivity index (χ2v) is 2.81. The maximum atomic E-state index is 9.20. The molecule has 74 valence electrons. The average Bonchev–Trinajstić information content (AvgIpc) is 2.08. The van der Waals surface area contributed by atoms with Gasteiger partial charge in [-0.15, -0.1) is 0 Å². The molecule has 1 saturated heterocycles. The van der Waals surface area contributed by atoms with E-state index in [1.54, 1.807) is 0 Å². The molecule has 0 spiro atoms. The van der Waals surface area contributed by atoms with E-state index in [-0.39, 0.29) is 29.6 Å². The minimum absolute atomic E-state index is 0. The van der Waals surface area contributed by atoms with Gasteiger partial charge in [-0.1, -0.05) is 0 Å². The monoisotopic (exact) mass is 203 g/mol. The molecule has 0 amide bonds. The molecule has 7 heteroatoms. The molecule has 0 radical (unpaired) electrons. The van der Waals surface area contributed by atoms with Crippen LogP contribution in [0.1, 0.15) is 0 Å². The van der Waals surface area contributed by atoms with E-state index in [4.69, 9.17) is 20.7 Å². The summed E-state index contributed by atoms with van der Waals surface area (Å²) in [6.07, 6.45) is -4.85. The average molecular weight is 203 g/mol. The predicted octanol–water partition coefficient (Wildman–Crippen LogP) is -3.90. The Balaban J connectivity index is 0.00000144. The van der Waals surface area contributed by atoms with Crippen molar-refractivity contribution >= 4 is 29.6 Å². The van der Waals surface area contributed by atoms with Gasteiger partial charge in [0.15, 0.2) is 6.29 Å². The van der Waals surface area contributed by atoms with Crippen LogP contribution in [0.4, 0.5) is 0 Å². The van der Waals surface area contributed by atoms with Crippen LogP contribution in [0.5, 0.6) is 0 Å². The Kier molecular flexibility index (Phi) is 5.92. The molecule has 0 aromatic carbocycles. The zero-order valence-electron chi connectivity index (χ0n) is 6.37. The number of aliphatic hydroxyl groups excluding tert-OH is 4. The number of rotatable bonds is 1. The number of hydrogen-bond donors (Lipinski definition) is 5. The van der Waals surface area contributed by atoms with Crippen LogP contribution in [0, 0.1) is 0 Å². The summed E-state index contributed by atoms with van der Waals surface area (Å²) in [6.45, 7) is -0.470. The molecule has 1 aliphatic rings. The molecule has 0 saturated carbocycles. The summed E-state index contributed by atoms with van der Waals surface area (Å²) >= 11 is 0. The first-order valence-corrected chi connectivity index (χ1v) is 3.64. The third-order valence-corrected chi connectivity index (χ3v) is 1.95. The summed E-state index contributed by atoms with van der Waals surface area (Å²) in [5, 5.41) is 36.1. The molecule has 13 heavy (non-hydrogen) atoms. The fraction of sp³-hybridized carbons (Fsp3) is 1.00. The van der Waals surface area contributed by atoms with Crippen molar-refractivity contribution in [2.45, 2.75) is 30.6 Å². The minimum atomic E-state index is -1.35. The van der Waals surface area contributed by atoms with Gasteiger partial charge in [0.05, 0.1) is 12.6 Å². The Morgan fingerprint density at radius 2 is 1.69 bits per heavy atom. The SMILES string of the molecule is N[C@@H]1[C@@H](O)[C@H](O)[C@@H](CO)O[C@H]1O.[NaH]. The first-order chi connectivity index (χ1) is 5.57. The molecule has 0 bridgehead atoms. The van der Waals surface area contributed by atoms with E-state index in [9.17, 15) is 10.2 Å². The number of ether oxygens (including phenoxy) is 1. The molecule has 6 N–H and O–H groups in total. The third-order valence-electron chi connectivity index (χ3n) is 1.95. The van der Waals surface area contributed by atoms with Crippen molar-refractivity contribution in [2.75, 3.05) is 6.61 Å². The van der Waals surface area contributed by atoms with Crippen LogP contribution in [0.15, 0.2) is 0 Å². The molecule has 1 aliphatic heterocycles. The summed E-state index contributed by atoms with van der Waals surface area (Å²) in [6, 6.07) is -1.04. The first kappa shape index (κ1) is 13.8. The van der Waals surface area contributed by atoms with Gasteiger partial charge in [0, 0.05) is 0 Å². The Morgan fingerprint density at radius 3 is 2.15 bits per heavy atom. The zero-order chi connectivity index (χ0) is 9.30. The Morgan fingerprint density at radius 1 is 1.15 bits per heavy atom. The molecule has 5 atom stereocenters. The molecule has 0 unspecified atom stereocenters. The molecule has 1 rings (SSSR count). The fourth-order valence-electron chi connectivity index (χ4n) is 1.12. The van der Waals surface area contributed by atoms with Gasteiger partial charge < -0.3 is 30.9 Å².